The highest BCUT2D eigenvalue weighted by Crippen LogP contribution is 2.40. The van der Waals surface area contributed by atoms with E-state index in [0.717, 1.165) is 40.3 Å². The zero-order chi connectivity index (χ0) is 29.6. The van der Waals surface area contributed by atoms with Crippen LogP contribution in [0.5, 0.6) is 0 Å². The van der Waals surface area contributed by atoms with Crippen LogP contribution in [0.3, 0.4) is 0 Å². The van der Waals surface area contributed by atoms with Crippen LogP contribution in [-0.4, -0.2) is 13.0 Å². The lowest BCUT2D eigenvalue weighted by Crippen LogP contribution is -2.01. The van der Waals surface area contributed by atoms with Crippen LogP contribution < -0.4 is 0 Å². The van der Waals surface area contributed by atoms with Crippen molar-refractivity contribution in [1.29, 1.82) is 0 Å². The molecule has 5 aromatic carbocycles. The van der Waals surface area contributed by atoms with Crippen molar-refractivity contribution in [3.05, 3.63) is 142 Å². The molecule has 0 aliphatic rings. The van der Waals surface area contributed by atoms with Gasteiger partial charge in [0.25, 0.3) is 10.1 Å². The topological polar surface area (TPSA) is 65.7 Å². The quantitative estimate of drug-likeness (QED) is 0.123. The van der Waals surface area contributed by atoms with Gasteiger partial charge in [0, 0.05) is 23.3 Å². The Bertz CT molecular complexity index is 1960. The van der Waals surface area contributed by atoms with Gasteiger partial charge in [-0.15, -0.1) is 0 Å². The highest BCUT2D eigenvalue weighted by atomic mass is 32.2. The molecule has 0 aliphatic heterocycles. The third-order valence-electron chi connectivity index (χ3n) is 8.34. The Morgan fingerprint density at radius 1 is 0.595 bits per heavy atom. The van der Waals surface area contributed by atoms with Crippen LogP contribution in [0.2, 0.25) is 0 Å². The van der Waals surface area contributed by atoms with E-state index in [4.69, 9.17) is 4.42 Å². The molecule has 0 unspecified atom stereocenters. The molecule has 0 amide bonds. The summed E-state index contributed by atoms with van der Waals surface area (Å²) in [6.07, 6.45) is 1.51. The van der Waals surface area contributed by atoms with Gasteiger partial charge in [0.15, 0.2) is 0 Å². The summed E-state index contributed by atoms with van der Waals surface area (Å²) in [7, 11) is -4.47. The molecular weight excluding hydrogens is 540 g/mol. The number of hydrogen-bond acceptors (Lipinski definition) is 2. The van der Waals surface area contributed by atoms with Crippen molar-refractivity contribution in [3.63, 3.8) is 0 Å². The number of fused-ring (bicyclic) bond motifs is 2. The third kappa shape index (κ3) is 5.22. The predicted octanol–water partition coefficient (Wildman–Crippen LogP) is 9.20. The average Bonchev–Trinajstić information content (AvgIpc) is 2.95. The fourth-order valence-electron chi connectivity index (χ4n) is 6.05. The molecule has 4 nitrogen and oxygen atoms in total. The van der Waals surface area contributed by atoms with Crippen LogP contribution in [0.15, 0.2) is 106 Å². The van der Waals surface area contributed by atoms with Crippen LogP contribution in [-0.2, 0) is 23.0 Å². The highest BCUT2D eigenvalue weighted by Gasteiger charge is 2.26. The van der Waals surface area contributed by atoms with Crippen LogP contribution in [0.25, 0.3) is 33.1 Å². The van der Waals surface area contributed by atoms with E-state index in [2.05, 4.69) is 88.4 Å². The molecule has 0 spiro atoms. The summed E-state index contributed by atoms with van der Waals surface area (Å²) < 4.78 is 41.7. The Kier molecular flexibility index (Phi) is 7.17. The molecule has 0 fully saturated rings. The van der Waals surface area contributed by atoms with E-state index in [-0.39, 0.29) is 4.90 Å². The first kappa shape index (κ1) is 27.8. The van der Waals surface area contributed by atoms with E-state index < -0.39 is 10.1 Å². The van der Waals surface area contributed by atoms with Crippen molar-refractivity contribution >= 4 is 32.1 Å². The maximum Gasteiger partial charge on any atom is 0.361 e. The van der Waals surface area contributed by atoms with Gasteiger partial charge in [0.2, 0.25) is 0 Å². The van der Waals surface area contributed by atoms with Gasteiger partial charge in [-0.2, -0.15) is 8.42 Å². The van der Waals surface area contributed by atoms with Crippen LogP contribution >= 0.6 is 0 Å². The first-order valence-electron chi connectivity index (χ1n) is 14.1. The molecule has 0 aliphatic carbocycles. The first-order valence-corrected chi connectivity index (χ1v) is 15.5. The second-order valence-corrected chi connectivity index (χ2v) is 12.6. The Balaban J connectivity index is 1.59. The van der Waals surface area contributed by atoms with Gasteiger partial charge in [-0.05, 0) is 103 Å². The average molecular weight is 574 g/mol. The van der Waals surface area contributed by atoms with E-state index in [1.54, 1.807) is 18.2 Å². The van der Waals surface area contributed by atoms with Gasteiger partial charge < -0.3 is 0 Å². The van der Waals surface area contributed by atoms with Crippen molar-refractivity contribution in [2.75, 3.05) is 0 Å². The van der Waals surface area contributed by atoms with Gasteiger partial charge >= 0.3 is 11.2 Å². The normalized spacial score (nSPS) is 11.8. The zero-order valence-corrected chi connectivity index (χ0v) is 25.0. The Morgan fingerprint density at radius 3 is 1.50 bits per heavy atom. The predicted molar refractivity (Wildman–Crippen MR) is 171 cm³/mol. The van der Waals surface area contributed by atoms with Crippen LogP contribution in [0.4, 0.5) is 0 Å². The molecule has 6 rings (SSSR count). The van der Waals surface area contributed by atoms with Gasteiger partial charge in [-0.3, -0.25) is 4.55 Å². The fourth-order valence-corrected chi connectivity index (χ4v) is 6.75. The summed E-state index contributed by atoms with van der Waals surface area (Å²) in [5.41, 5.74) is 12.2. The molecule has 0 bridgehead atoms. The van der Waals surface area contributed by atoms with Crippen molar-refractivity contribution in [3.8, 4) is 11.1 Å². The third-order valence-corrected chi connectivity index (χ3v) is 9.25. The summed E-state index contributed by atoms with van der Waals surface area (Å²) in [4.78, 5) is -0.127. The fraction of sp³-hybridized carbons (Fsp3) is 0.162. The van der Waals surface area contributed by atoms with Crippen molar-refractivity contribution < 1.29 is 17.4 Å². The molecule has 42 heavy (non-hydrogen) atoms. The smallest absolute Gasteiger partial charge is 0.282 e. The molecule has 0 saturated heterocycles. The van der Waals surface area contributed by atoms with Gasteiger partial charge in [0.1, 0.15) is 4.90 Å². The lowest BCUT2D eigenvalue weighted by molar-refractivity contribution is 0.483. The van der Waals surface area contributed by atoms with E-state index in [1.165, 1.54) is 39.4 Å². The second-order valence-electron chi connectivity index (χ2n) is 11.2. The molecule has 0 saturated carbocycles. The van der Waals surface area contributed by atoms with Gasteiger partial charge in [-0.25, -0.2) is 4.42 Å². The molecule has 1 heterocycles. The first-order chi connectivity index (χ1) is 20.1. The largest absolute Gasteiger partial charge is 0.361 e. The minimum Gasteiger partial charge on any atom is -0.282 e. The second kappa shape index (κ2) is 10.8. The molecule has 210 valence electrons. The Hall–Kier alpha value is -4.32. The van der Waals surface area contributed by atoms with Crippen LogP contribution in [0, 0.1) is 27.7 Å². The molecule has 5 heteroatoms. The highest BCUT2D eigenvalue weighted by molar-refractivity contribution is 7.86. The monoisotopic (exact) mass is 573 g/mol. The van der Waals surface area contributed by atoms with Crippen molar-refractivity contribution in [2.45, 2.75) is 45.4 Å². The molecule has 1 aromatic heterocycles. The molecule has 0 atom stereocenters. The van der Waals surface area contributed by atoms with E-state index >= 15 is 0 Å². The summed E-state index contributed by atoms with van der Waals surface area (Å²) in [6.45, 7) is 8.51. The maximum atomic E-state index is 12.5. The van der Waals surface area contributed by atoms with Gasteiger partial charge in [-0.1, -0.05) is 66.7 Å². The lowest BCUT2D eigenvalue weighted by atomic mass is 9.92. The number of hydrogen-bond donors (Lipinski definition) is 1. The number of rotatable bonds is 6. The summed E-state index contributed by atoms with van der Waals surface area (Å²) in [5, 5.41) is 1.57. The maximum absolute atomic E-state index is 12.5. The summed E-state index contributed by atoms with van der Waals surface area (Å²) >= 11 is 0. The van der Waals surface area contributed by atoms with Crippen LogP contribution in [0.1, 0.15) is 44.5 Å². The minimum absolute atomic E-state index is 0.127. The SMILES string of the molecule is Cc1cccc(C)c1Cc1ccc2c(-c3ccccc3S(=O)(=O)O)c3ccc(Cc4c(C)cccc4C)cc3[o+]c2c1. The lowest BCUT2D eigenvalue weighted by Gasteiger charge is -2.12. The molecule has 1 N–H and O–H groups in total. The molecule has 6 aromatic rings. The molecule has 0 radical (unpaired) electrons. The molecular formula is C37H33O4S+. The Labute approximate surface area is 247 Å². The zero-order valence-electron chi connectivity index (χ0n) is 24.2. The van der Waals surface area contributed by atoms with Crippen molar-refractivity contribution in [2.24, 2.45) is 0 Å². The van der Waals surface area contributed by atoms with E-state index in [1.807, 2.05) is 12.1 Å². The number of aryl methyl sites for hydroxylation is 4. The van der Waals surface area contributed by atoms with Gasteiger partial charge in [0.05, 0.1) is 10.8 Å². The van der Waals surface area contributed by atoms with Crippen molar-refractivity contribution in [1.82, 2.24) is 0 Å². The summed E-state index contributed by atoms with van der Waals surface area (Å²) in [5.74, 6) is 0. The minimum atomic E-state index is -4.47. The Morgan fingerprint density at radius 2 is 1.05 bits per heavy atom. The standard InChI is InChI=1S/C37H32O4S/c1-23-9-7-10-24(2)32(23)19-27-15-17-29-34(21-27)41-35-22-28(20-33-25(3)11-8-12-26(33)4)16-18-30(35)37(29)31-13-5-6-14-36(31)42(38,39)40/h5-18,21-22H,19-20H2,1-4H3/p+1. The number of benzene rings is 5. The van der Waals surface area contributed by atoms with E-state index in [0.29, 0.717) is 16.7 Å². The summed E-state index contributed by atoms with van der Waals surface area (Å²) in [6, 6.07) is 31.5. The van der Waals surface area contributed by atoms with E-state index in [9.17, 15) is 13.0 Å².